The standard InChI is InChI=1S/C11H20BrNOS/c1-11(6-5-9-15-11)10(14)13-8-4-2-3-7-12/h2-9H2,1H3,(H,13,14). The Bertz CT molecular complexity index is 205. The van der Waals surface area contributed by atoms with Crippen LogP contribution in [0.2, 0.25) is 0 Å². The molecule has 2 nitrogen and oxygen atoms in total. The fourth-order valence-electron chi connectivity index (χ4n) is 1.74. The molecule has 1 heterocycles. The van der Waals surface area contributed by atoms with Crippen molar-refractivity contribution in [3.63, 3.8) is 0 Å². The molecule has 0 aromatic carbocycles. The normalized spacial score (nSPS) is 25.5. The maximum Gasteiger partial charge on any atom is 0.235 e. The van der Waals surface area contributed by atoms with Crippen LogP contribution >= 0.6 is 27.7 Å². The van der Waals surface area contributed by atoms with Crippen LogP contribution in [0.25, 0.3) is 0 Å². The summed E-state index contributed by atoms with van der Waals surface area (Å²) < 4.78 is -0.143. The molecule has 1 rings (SSSR count). The van der Waals surface area contributed by atoms with Crippen molar-refractivity contribution < 1.29 is 4.79 Å². The predicted molar refractivity (Wildman–Crippen MR) is 70.8 cm³/mol. The molecule has 1 aliphatic heterocycles. The summed E-state index contributed by atoms with van der Waals surface area (Å²) in [6.45, 7) is 2.90. The minimum Gasteiger partial charge on any atom is -0.355 e. The van der Waals surface area contributed by atoms with Crippen molar-refractivity contribution in [3.8, 4) is 0 Å². The Labute approximate surface area is 105 Å². The summed E-state index contributed by atoms with van der Waals surface area (Å²) in [6.07, 6.45) is 5.69. The average molecular weight is 294 g/mol. The number of hydrogen-bond acceptors (Lipinski definition) is 2. The molecule has 0 aliphatic carbocycles. The molecule has 1 N–H and O–H groups in total. The number of amides is 1. The van der Waals surface area contributed by atoms with E-state index in [0.29, 0.717) is 0 Å². The van der Waals surface area contributed by atoms with E-state index in [0.717, 1.165) is 30.5 Å². The lowest BCUT2D eigenvalue weighted by Gasteiger charge is -2.21. The third kappa shape index (κ3) is 4.35. The minimum absolute atomic E-state index is 0.143. The molecule has 88 valence electrons. The molecule has 1 unspecified atom stereocenters. The fraction of sp³-hybridized carbons (Fsp3) is 0.909. The summed E-state index contributed by atoms with van der Waals surface area (Å²) in [5.41, 5.74) is 0. The molecule has 1 saturated heterocycles. The third-order valence-corrected chi connectivity index (χ3v) is 4.88. The second-order valence-corrected chi connectivity index (χ2v) is 6.58. The Morgan fingerprint density at radius 2 is 2.27 bits per heavy atom. The summed E-state index contributed by atoms with van der Waals surface area (Å²) >= 11 is 5.20. The van der Waals surface area contributed by atoms with E-state index in [1.807, 2.05) is 0 Å². The molecule has 15 heavy (non-hydrogen) atoms. The molecular weight excluding hydrogens is 274 g/mol. The lowest BCUT2D eigenvalue weighted by atomic mass is 10.0. The Morgan fingerprint density at radius 1 is 1.47 bits per heavy atom. The highest BCUT2D eigenvalue weighted by atomic mass is 79.9. The van der Waals surface area contributed by atoms with Crippen LogP contribution in [0, 0.1) is 0 Å². The number of hydrogen-bond donors (Lipinski definition) is 1. The van der Waals surface area contributed by atoms with Gasteiger partial charge in [-0.3, -0.25) is 4.79 Å². The van der Waals surface area contributed by atoms with Crippen molar-refractivity contribution in [2.45, 2.75) is 43.8 Å². The second kappa shape index (κ2) is 6.79. The summed E-state index contributed by atoms with van der Waals surface area (Å²) in [4.78, 5) is 11.9. The molecule has 0 radical (unpaired) electrons. The van der Waals surface area contributed by atoms with E-state index in [9.17, 15) is 4.79 Å². The smallest absolute Gasteiger partial charge is 0.235 e. The average Bonchev–Trinajstić information content (AvgIpc) is 2.66. The van der Waals surface area contributed by atoms with Crippen molar-refractivity contribution in [2.24, 2.45) is 0 Å². The SMILES string of the molecule is CC1(C(=O)NCCCCCBr)CCCS1. The number of alkyl halides is 1. The molecular formula is C11H20BrNOS. The number of carbonyl (C=O) groups is 1. The Kier molecular flexibility index (Phi) is 6.05. The van der Waals surface area contributed by atoms with Gasteiger partial charge in [0, 0.05) is 11.9 Å². The van der Waals surface area contributed by atoms with E-state index in [1.165, 1.54) is 19.3 Å². The molecule has 0 spiro atoms. The molecule has 1 fully saturated rings. The first kappa shape index (κ1) is 13.4. The van der Waals surface area contributed by atoms with Gasteiger partial charge < -0.3 is 5.32 Å². The molecule has 1 aliphatic rings. The maximum absolute atomic E-state index is 11.9. The molecule has 0 saturated carbocycles. The van der Waals surface area contributed by atoms with Crippen molar-refractivity contribution in [2.75, 3.05) is 17.6 Å². The van der Waals surface area contributed by atoms with Crippen LogP contribution in [0.15, 0.2) is 0 Å². The van der Waals surface area contributed by atoms with Gasteiger partial charge in [-0.15, -0.1) is 11.8 Å². The van der Waals surface area contributed by atoms with Crippen LogP contribution in [0.1, 0.15) is 39.0 Å². The molecule has 0 aromatic heterocycles. The van der Waals surface area contributed by atoms with E-state index in [2.05, 4.69) is 28.2 Å². The van der Waals surface area contributed by atoms with Crippen LogP contribution < -0.4 is 5.32 Å². The number of thioether (sulfide) groups is 1. The fourth-order valence-corrected chi connectivity index (χ4v) is 3.37. The lowest BCUT2D eigenvalue weighted by Crippen LogP contribution is -2.40. The van der Waals surface area contributed by atoms with Gasteiger partial charge in [0.15, 0.2) is 0 Å². The van der Waals surface area contributed by atoms with Gasteiger partial charge in [-0.1, -0.05) is 22.4 Å². The predicted octanol–water partition coefficient (Wildman–Crippen LogP) is 2.95. The topological polar surface area (TPSA) is 29.1 Å². The lowest BCUT2D eigenvalue weighted by molar-refractivity contribution is -0.123. The zero-order chi connectivity index (χ0) is 11.1. The van der Waals surface area contributed by atoms with E-state index >= 15 is 0 Å². The summed E-state index contributed by atoms with van der Waals surface area (Å²) in [5.74, 6) is 1.37. The van der Waals surface area contributed by atoms with Crippen LogP contribution in [0.3, 0.4) is 0 Å². The first-order chi connectivity index (χ1) is 7.19. The van der Waals surface area contributed by atoms with Crippen molar-refractivity contribution in [3.05, 3.63) is 0 Å². The Morgan fingerprint density at radius 3 is 2.87 bits per heavy atom. The van der Waals surface area contributed by atoms with Crippen LogP contribution in [0.5, 0.6) is 0 Å². The highest BCUT2D eigenvalue weighted by Gasteiger charge is 2.36. The van der Waals surface area contributed by atoms with E-state index in [-0.39, 0.29) is 10.7 Å². The molecule has 0 bridgehead atoms. The van der Waals surface area contributed by atoms with E-state index < -0.39 is 0 Å². The molecule has 4 heteroatoms. The van der Waals surface area contributed by atoms with Gasteiger partial charge in [-0.25, -0.2) is 0 Å². The van der Waals surface area contributed by atoms with Gasteiger partial charge in [-0.05, 0) is 38.4 Å². The minimum atomic E-state index is -0.143. The van der Waals surface area contributed by atoms with Gasteiger partial charge in [0.25, 0.3) is 0 Å². The number of carbonyl (C=O) groups excluding carboxylic acids is 1. The summed E-state index contributed by atoms with van der Waals surface area (Å²) in [5, 5.41) is 4.11. The zero-order valence-corrected chi connectivity index (χ0v) is 11.8. The third-order valence-electron chi connectivity index (χ3n) is 2.80. The van der Waals surface area contributed by atoms with Crippen LogP contribution in [-0.2, 0) is 4.79 Å². The number of nitrogens with one attached hydrogen (secondary N) is 1. The summed E-state index contributed by atoms with van der Waals surface area (Å²) in [6, 6.07) is 0. The highest BCUT2D eigenvalue weighted by molar-refractivity contribution is 9.09. The quantitative estimate of drug-likeness (QED) is 0.603. The van der Waals surface area contributed by atoms with Gasteiger partial charge in [0.05, 0.1) is 4.75 Å². The van der Waals surface area contributed by atoms with E-state index in [4.69, 9.17) is 0 Å². The van der Waals surface area contributed by atoms with E-state index in [1.54, 1.807) is 11.8 Å². The number of unbranched alkanes of at least 4 members (excludes halogenated alkanes) is 2. The Balaban J connectivity index is 2.12. The maximum atomic E-state index is 11.9. The van der Waals surface area contributed by atoms with Gasteiger partial charge >= 0.3 is 0 Å². The summed E-state index contributed by atoms with van der Waals surface area (Å²) in [7, 11) is 0. The molecule has 0 aromatic rings. The highest BCUT2D eigenvalue weighted by Crippen LogP contribution is 2.37. The Hall–Kier alpha value is 0.300. The zero-order valence-electron chi connectivity index (χ0n) is 9.35. The second-order valence-electron chi connectivity index (χ2n) is 4.19. The first-order valence-electron chi connectivity index (χ1n) is 5.67. The van der Waals surface area contributed by atoms with Crippen molar-refractivity contribution in [1.82, 2.24) is 5.32 Å². The van der Waals surface area contributed by atoms with Crippen LogP contribution in [-0.4, -0.2) is 28.3 Å². The first-order valence-corrected chi connectivity index (χ1v) is 7.78. The van der Waals surface area contributed by atoms with Gasteiger partial charge in [0.1, 0.15) is 0 Å². The molecule has 1 atom stereocenters. The number of rotatable bonds is 6. The van der Waals surface area contributed by atoms with Crippen molar-refractivity contribution >= 4 is 33.6 Å². The molecule has 1 amide bonds. The van der Waals surface area contributed by atoms with Gasteiger partial charge in [-0.2, -0.15) is 0 Å². The number of halogens is 1. The largest absolute Gasteiger partial charge is 0.355 e. The monoisotopic (exact) mass is 293 g/mol. The van der Waals surface area contributed by atoms with Crippen molar-refractivity contribution in [1.29, 1.82) is 0 Å². The van der Waals surface area contributed by atoms with Gasteiger partial charge in [0.2, 0.25) is 5.91 Å². The van der Waals surface area contributed by atoms with Crippen LogP contribution in [0.4, 0.5) is 0 Å².